The van der Waals surface area contributed by atoms with Gasteiger partial charge in [0.2, 0.25) is 0 Å². The van der Waals surface area contributed by atoms with E-state index in [1.165, 1.54) is 0 Å². The van der Waals surface area contributed by atoms with Crippen molar-refractivity contribution >= 4 is 12.1 Å². The van der Waals surface area contributed by atoms with Gasteiger partial charge in [-0.15, -0.1) is 0 Å². The molecule has 0 radical (unpaired) electrons. The summed E-state index contributed by atoms with van der Waals surface area (Å²) < 4.78 is 11.9. The lowest BCUT2D eigenvalue weighted by Crippen LogP contribution is -3.00. The Labute approximate surface area is 136 Å². The number of methoxy groups -OCH3 is 2. The monoisotopic (exact) mass is 319 g/mol. The number of halogens is 1. The van der Waals surface area contributed by atoms with Crippen molar-refractivity contribution in [3.8, 4) is 11.5 Å². The lowest BCUT2D eigenvalue weighted by molar-refractivity contribution is -0.388. The first-order chi connectivity index (χ1) is 10.1. The second-order valence-electron chi connectivity index (χ2n) is 4.56. The van der Waals surface area contributed by atoms with Crippen molar-refractivity contribution in [3.63, 3.8) is 0 Å². The van der Waals surface area contributed by atoms with Gasteiger partial charge in [0.1, 0.15) is 18.5 Å². The zero-order valence-electron chi connectivity index (χ0n) is 12.7. The quantitative estimate of drug-likeness (QED) is 0.569. The van der Waals surface area contributed by atoms with Gasteiger partial charge in [-0.3, -0.25) is 0 Å². The number of hydrogen-bond donors (Lipinski definition) is 0. The topological polar surface area (TPSA) is 38.5 Å². The van der Waals surface area contributed by atoms with E-state index in [-0.39, 0.29) is 18.3 Å². The van der Waals surface area contributed by atoms with Crippen molar-refractivity contribution in [1.82, 2.24) is 0 Å². The number of ether oxygens (including phenoxy) is 2. The summed E-state index contributed by atoms with van der Waals surface area (Å²) in [6.07, 6.45) is 1.79. The predicted molar refractivity (Wildman–Crippen MR) is 81.7 cm³/mol. The zero-order chi connectivity index (χ0) is 15.2. The molecule has 5 heteroatoms. The van der Waals surface area contributed by atoms with E-state index in [2.05, 4.69) is 0 Å². The molecular formula is C17H18ClNO3. The van der Waals surface area contributed by atoms with Crippen molar-refractivity contribution in [2.75, 3.05) is 21.3 Å². The molecular weight excluding hydrogens is 302 g/mol. The average Bonchev–Trinajstić information content (AvgIpc) is 2.54. The van der Waals surface area contributed by atoms with Gasteiger partial charge >= 0.3 is 5.91 Å². The Morgan fingerprint density at radius 2 is 1.55 bits per heavy atom. The van der Waals surface area contributed by atoms with E-state index in [9.17, 15) is 4.79 Å². The van der Waals surface area contributed by atoms with E-state index >= 15 is 0 Å². The van der Waals surface area contributed by atoms with E-state index in [1.54, 1.807) is 50.3 Å². The van der Waals surface area contributed by atoms with Crippen molar-refractivity contribution < 1.29 is 31.3 Å². The van der Waals surface area contributed by atoms with Crippen molar-refractivity contribution in [1.29, 1.82) is 0 Å². The molecule has 116 valence electrons. The highest BCUT2D eigenvalue weighted by Gasteiger charge is 2.18. The number of nitrogens with zero attached hydrogens (tertiary/aromatic N) is 1. The summed E-state index contributed by atoms with van der Waals surface area (Å²) in [6.45, 7) is 0. The number of carbonyl (C=O) groups is 1. The highest BCUT2D eigenvalue weighted by molar-refractivity contribution is 5.92. The molecule has 0 atom stereocenters. The third-order valence-electron chi connectivity index (χ3n) is 3.06. The summed E-state index contributed by atoms with van der Waals surface area (Å²) in [5, 5.41) is 0. The summed E-state index contributed by atoms with van der Waals surface area (Å²) in [5.41, 5.74) is 1.48. The fourth-order valence-electron chi connectivity index (χ4n) is 1.96. The first-order valence-corrected chi connectivity index (χ1v) is 6.54. The standard InChI is InChI=1S/C17H18NO3.ClH/c1-18(12-13-7-5-4-6-8-13)17(19)14-9-15(20-2)11-16(10-14)21-3;/h4-12H,1-3H3;1H/q+1;/p-1. The molecule has 0 unspecified atom stereocenters. The van der Waals surface area contributed by atoms with Gasteiger partial charge in [-0.1, -0.05) is 18.2 Å². The maximum absolute atomic E-state index is 12.5. The minimum atomic E-state index is -0.129. The number of carbonyl (C=O) groups excluding carboxylic acids is 1. The third kappa shape index (κ3) is 4.33. The van der Waals surface area contributed by atoms with E-state index in [4.69, 9.17) is 9.47 Å². The van der Waals surface area contributed by atoms with Crippen LogP contribution in [0.25, 0.3) is 0 Å². The molecule has 0 heterocycles. The van der Waals surface area contributed by atoms with Crippen LogP contribution in [0, 0.1) is 0 Å². The lowest BCUT2D eigenvalue weighted by atomic mass is 10.1. The third-order valence-corrected chi connectivity index (χ3v) is 3.06. The Morgan fingerprint density at radius 1 is 1.00 bits per heavy atom. The molecule has 4 nitrogen and oxygen atoms in total. The van der Waals surface area contributed by atoms with Crippen LogP contribution in [0.15, 0.2) is 48.5 Å². The van der Waals surface area contributed by atoms with Gasteiger partial charge in [-0.05, 0) is 24.3 Å². The molecule has 2 aromatic carbocycles. The lowest BCUT2D eigenvalue weighted by Gasteiger charge is -2.05. The molecule has 22 heavy (non-hydrogen) atoms. The molecule has 0 saturated heterocycles. The molecule has 0 saturated carbocycles. The maximum Gasteiger partial charge on any atom is 0.419 e. The van der Waals surface area contributed by atoms with E-state index in [1.807, 2.05) is 30.3 Å². The SMILES string of the molecule is COc1cc(OC)cc(C(=O)[N+](C)=Cc2ccccc2)c1.[Cl-]. The highest BCUT2D eigenvalue weighted by atomic mass is 35.5. The summed E-state index contributed by atoms with van der Waals surface area (Å²) in [7, 11) is 4.84. The molecule has 0 aromatic heterocycles. The molecule has 0 spiro atoms. The Bertz CT molecular complexity index is 647. The molecule has 0 aliphatic rings. The maximum atomic E-state index is 12.5. The van der Waals surface area contributed by atoms with Gasteiger partial charge in [-0.2, -0.15) is 4.58 Å². The second kappa shape index (κ2) is 8.20. The van der Waals surface area contributed by atoms with Crippen LogP contribution in [0.2, 0.25) is 0 Å². The minimum Gasteiger partial charge on any atom is -1.00 e. The van der Waals surface area contributed by atoms with Crippen LogP contribution >= 0.6 is 0 Å². The number of hydrogen-bond acceptors (Lipinski definition) is 3. The van der Waals surface area contributed by atoms with Gasteiger partial charge in [0, 0.05) is 11.6 Å². The Balaban J connectivity index is 0.00000242. The van der Waals surface area contributed by atoms with Crippen molar-refractivity contribution in [2.24, 2.45) is 0 Å². The van der Waals surface area contributed by atoms with Gasteiger partial charge in [0.25, 0.3) is 0 Å². The van der Waals surface area contributed by atoms with Crippen LogP contribution in [0.1, 0.15) is 15.9 Å². The molecule has 0 aliphatic carbocycles. The largest absolute Gasteiger partial charge is 1.00 e. The average molecular weight is 320 g/mol. The molecule has 0 N–H and O–H groups in total. The van der Waals surface area contributed by atoms with Crippen LogP contribution in [-0.2, 0) is 0 Å². The summed E-state index contributed by atoms with van der Waals surface area (Å²) >= 11 is 0. The summed E-state index contributed by atoms with van der Waals surface area (Å²) in [6, 6.07) is 14.8. The molecule has 2 aromatic rings. The summed E-state index contributed by atoms with van der Waals surface area (Å²) in [4.78, 5) is 12.5. The molecule has 0 fully saturated rings. The van der Waals surface area contributed by atoms with Gasteiger partial charge < -0.3 is 21.9 Å². The number of amides is 1. The molecule has 1 amide bonds. The van der Waals surface area contributed by atoms with Crippen molar-refractivity contribution in [2.45, 2.75) is 0 Å². The number of benzene rings is 2. The Kier molecular flexibility index (Phi) is 6.60. The van der Waals surface area contributed by atoms with Crippen LogP contribution in [0.5, 0.6) is 11.5 Å². The van der Waals surface area contributed by atoms with Crippen molar-refractivity contribution in [3.05, 3.63) is 59.7 Å². The Hall–Kier alpha value is -2.33. The smallest absolute Gasteiger partial charge is 0.419 e. The molecule has 2 rings (SSSR count). The zero-order valence-corrected chi connectivity index (χ0v) is 13.5. The van der Waals surface area contributed by atoms with Crippen LogP contribution < -0.4 is 21.9 Å². The normalized spacial score (nSPS) is 10.6. The van der Waals surface area contributed by atoms with Gasteiger partial charge in [-0.25, -0.2) is 4.79 Å². The molecule has 0 aliphatic heterocycles. The number of rotatable bonds is 4. The second-order valence-corrected chi connectivity index (χ2v) is 4.56. The van der Waals surface area contributed by atoms with Gasteiger partial charge in [0.05, 0.1) is 19.8 Å². The van der Waals surface area contributed by atoms with Crippen LogP contribution in [0.4, 0.5) is 0 Å². The first kappa shape index (κ1) is 17.7. The van der Waals surface area contributed by atoms with Crippen LogP contribution in [0.3, 0.4) is 0 Å². The fraction of sp³-hybridized carbons (Fsp3) is 0.176. The minimum absolute atomic E-state index is 0. The van der Waals surface area contributed by atoms with E-state index < -0.39 is 0 Å². The molecule has 0 bridgehead atoms. The highest BCUT2D eigenvalue weighted by Crippen LogP contribution is 2.22. The van der Waals surface area contributed by atoms with E-state index in [0.29, 0.717) is 17.1 Å². The summed E-state index contributed by atoms with van der Waals surface area (Å²) in [5.74, 6) is 1.05. The van der Waals surface area contributed by atoms with E-state index in [0.717, 1.165) is 5.56 Å². The Morgan fingerprint density at radius 3 is 2.05 bits per heavy atom. The fourth-order valence-corrected chi connectivity index (χ4v) is 1.96. The van der Waals surface area contributed by atoms with Crippen LogP contribution in [-0.4, -0.2) is 38.0 Å². The van der Waals surface area contributed by atoms with Gasteiger partial charge in [0.15, 0.2) is 6.21 Å². The first-order valence-electron chi connectivity index (χ1n) is 6.54. The predicted octanol–water partition coefficient (Wildman–Crippen LogP) is -0.391.